The van der Waals surface area contributed by atoms with Gasteiger partial charge in [-0.25, -0.2) is 0 Å². The van der Waals surface area contributed by atoms with Crippen molar-refractivity contribution >= 4 is 5.96 Å². The molecule has 1 N–H and O–H groups in total. The van der Waals surface area contributed by atoms with E-state index in [9.17, 15) is 0 Å². The molecule has 130 valence electrons. The van der Waals surface area contributed by atoms with E-state index in [0.717, 1.165) is 37.8 Å². The molecule has 0 fully saturated rings. The number of nitrogens with one attached hydrogen (secondary N) is 1. The minimum atomic E-state index is 0.619. The number of aromatic nitrogens is 2. The van der Waals surface area contributed by atoms with Crippen LogP contribution in [0.4, 0.5) is 0 Å². The van der Waals surface area contributed by atoms with Crippen LogP contribution in [0.25, 0.3) is 0 Å². The van der Waals surface area contributed by atoms with E-state index < -0.39 is 0 Å². The molecule has 2 aromatic rings. The zero-order chi connectivity index (χ0) is 17.2. The van der Waals surface area contributed by atoms with Crippen LogP contribution in [0, 0.1) is 6.92 Å². The minimum absolute atomic E-state index is 0.619. The van der Waals surface area contributed by atoms with Crippen LogP contribution in [0.5, 0.6) is 5.75 Å². The summed E-state index contributed by atoms with van der Waals surface area (Å²) in [6, 6.07) is 9.85. The first kappa shape index (κ1) is 17.8. The van der Waals surface area contributed by atoms with E-state index in [2.05, 4.69) is 33.4 Å². The molecule has 2 rings (SSSR count). The second-order valence-electron chi connectivity index (χ2n) is 5.69. The lowest BCUT2D eigenvalue weighted by Gasteiger charge is -2.22. The van der Waals surface area contributed by atoms with Gasteiger partial charge in [0.25, 0.3) is 0 Å². The Morgan fingerprint density at radius 3 is 2.79 bits per heavy atom. The zero-order valence-corrected chi connectivity index (χ0v) is 14.8. The quantitative estimate of drug-likeness (QED) is 0.458. The van der Waals surface area contributed by atoms with E-state index >= 15 is 0 Å². The predicted octanol–water partition coefficient (Wildman–Crippen LogP) is 2.17. The third kappa shape index (κ3) is 5.95. The van der Waals surface area contributed by atoms with Crippen LogP contribution < -0.4 is 10.1 Å². The van der Waals surface area contributed by atoms with Gasteiger partial charge in [-0.2, -0.15) is 5.10 Å². The Morgan fingerprint density at radius 2 is 2.12 bits per heavy atom. The summed E-state index contributed by atoms with van der Waals surface area (Å²) < 4.78 is 7.69. The van der Waals surface area contributed by atoms with Gasteiger partial charge in [-0.05, 0) is 31.0 Å². The molecule has 1 aromatic heterocycles. The largest absolute Gasteiger partial charge is 0.492 e. The van der Waals surface area contributed by atoms with Gasteiger partial charge in [0.2, 0.25) is 0 Å². The third-order valence-electron chi connectivity index (χ3n) is 3.62. The highest BCUT2D eigenvalue weighted by atomic mass is 16.5. The van der Waals surface area contributed by atoms with E-state index in [1.165, 1.54) is 5.56 Å². The summed E-state index contributed by atoms with van der Waals surface area (Å²) in [5, 5.41) is 7.66. The molecule has 6 nitrogen and oxygen atoms in total. The number of guanidine groups is 1. The normalized spacial score (nSPS) is 11.4. The topological polar surface area (TPSA) is 54.7 Å². The molecule has 1 heterocycles. The molecule has 0 spiro atoms. The second kappa shape index (κ2) is 9.60. The number of benzene rings is 1. The first-order valence-corrected chi connectivity index (χ1v) is 8.27. The van der Waals surface area contributed by atoms with Crippen molar-refractivity contribution in [3.05, 3.63) is 48.3 Å². The van der Waals surface area contributed by atoms with Gasteiger partial charge in [0.1, 0.15) is 12.4 Å². The lowest BCUT2D eigenvalue weighted by atomic mass is 10.3. The Labute approximate surface area is 144 Å². The lowest BCUT2D eigenvalue weighted by Crippen LogP contribution is -2.41. The molecule has 0 aliphatic rings. The Balaban J connectivity index is 1.64. The highest BCUT2D eigenvalue weighted by molar-refractivity contribution is 5.79. The molecule has 0 amide bonds. The van der Waals surface area contributed by atoms with Gasteiger partial charge in [-0.3, -0.25) is 9.67 Å². The van der Waals surface area contributed by atoms with Crippen LogP contribution in [0.3, 0.4) is 0 Å². The predicted molar refractivity (Wildman–Crippen MR) is 97.5 cm³/mol. The summed E-state index contributed by atoms with van der Waals surface area (Å²) in [4.78, 5) is 6.39. The summed E-state index contributed by atoms with van der Waals surface area (Å²) in [6.45, 7) is 5.20. The van der Waals surface area contributed by atoms with Gasteiger partial charge in [-0.15, -0.1) is 0 Å². The molecule has 0 saturated heterocycles. The second-order valence-corrected chi connectivity index (χ2v) is 5.69. The average Bonchev–Trinajstić information content (AvgIpc) is 3.01. The maximum absolute atomic E-state index is 5.72. The van der Waals surface area contributed by atoms with Gasteiger partial charge >= 0.3 is 0 Å². The number of aliphatic imine (C=N–C) groups is 1. The van der Waals surface area contributed by atoms with Crippen LogP contribution >= 0.6 is 0 Å². The highest BCUT2D eigenvalue weighted by Gasteiger charge is 2.05. The monoisotopic (exact) mass is 329 g/mol. The number of hydrogen-bond donors (Lipinski definition) is 1. The smallest absolute Gasteiger partial charge is 0.193 e. The van der Waals surface area contributed by atoms with Crippen LogP contribution in [0.15, 0.2) is 47.7 Å². The number of rotatable bonds is 8. The van der Waals surface area contributed by atoms with Crippen molar-refractivity contribution in [2.45, 2.75) is 19.9 Å². The van der Waals surface area contributed by atoms with Crippen molar-refractivity contribution in [3.8, 4) is 5.75 Å². The van der Waals surface area contributed by atoms with Gasteiger partial charge < -0.3 is 15.0 Å². The molecule has 0 aliphatic heterocycles. The number of para-hydroxylation sites is 1. The Bertz CT molecular complexity index is 623. The molecule has 0 unspecified atom stereocenters. The summed E-state index contributed by atoms with van der Waals surface area (Å²) in [7, 11) is 3.81. The Kier molecular flexibility index (Phi) is 7.14. The summed E-state index contributed by atoms with van der Waals surface area (Å²) in [6.07, 6.45) is 4.93. The molecule has 0 saturated carbocycles. The van der Waals surface area contributed by atoms with Crippen molar-refractivity contribution in [1.82, 2.24) is 20.0 Å². The average molecular weight is 329 g/mol. The van der Waals surface area contributed by atoms with Gasteiger partial charge in [0, 0.05) is 33.4 Å². The Hall–Kier alpha value is -2.50. The number of hydrogen-bond acceptors (Lipinski definition) is 3. The van der Waals surface area contributed by atoms with E-state index in [1.54, 1.807) is 7.05 Å². The number of aryl methyl sites for hydroxylation is 2. The van der Waals surface area contributed by atoms with E-state index in [0.29, 0.717) is 6.61 Å². The van der Waals surface area contributed by atoms with Gasteiger partial charge in [-0.1, -0.05) is 18.2 Å². The van der Waals surface area contributed by atoms with E-state index in [-0.39, 0.29) is 0 Å². The van der Waals surface area contributed by atoms with Crippen molar-refractivity contribution < 1.29 is 4.74 Å². The van der Waals surface area contributed by atoms with Crippen LogP contribution in [0.2, 0.25) is 0 Å². The molecular formula is C18H27N5O. The van der Waals surface area contributed by atoms with Gasteiger partial charge in [0.15, 0.2) is 5.96 Å². The fourth-order valence-corrected chi connectivity index (χ4v) is 2.34. The summed E-state index contributed by atoms with van der Waals surface area (Å²) in [5.74, 6) is 1.77. The van der Waals surface area contributed by atoms with Crippen LogP contribution in [0.1, 0.15) is 12.0 Å². The SMILES string of the molecule is CN=C(NCCCn1cc(C)cn1)N(C)CCOc1ccccc1. The first-order chi connectivity index (χ1) is 11.7. The van der Waals surface area contributed by atoms with Crippen molar-refractivity contribution in [3.63, 3.8) is 0 Å². The number of ether oxygens (including phenoxy) is 1. The van der Waals surface area contributed by atoms with Gasteiger partial charge in [0.05, 0.1) is 12.7 Å². The fraction of sp³-hybridized carbons (Fsp3) is 0.444. The van der Waals surface area contributed by atoms with E-state index in [1.807, 2.05) is 48.3 Å². The fourth-order valence-electron chi connectivity index (χ4n) is 2.34. The molecule has 24 heavy (non-hydrogen) atoms. The van der Waals surface area contributed by atoms with Crippen molar-refractivity contribution in [2.24, 2.45) is 4.99 Å². The molecule has 6 heteroatoms. The highest BCUT2D eigenvalue weighted by Crippen LogP contribution is 2.07. The molecule has 0 atom stereocenters. The molecular weight excluding hydrogens is 302 g/mol. The third-order valence-corrected chi connectivity index (χ3v) is 3.62. The lowest BCUT2D eigenvalue weighted by molar-refractivity contribution is 0.281. The molecule has 1 aromatic carbocycles. The maximum atomic E-state index is 5.72. The molecule has 0 bridgehead atoms. The number of nitrogens with zero attached hydrogens (tertiary/aromatic N) is 4. The molecule has 0 radical (unpaired) electrons. The number of likely N-dealkylation sites (N-methyl/N-ethyl adjacent to an activating group) is 1. The van der Waals surface area contributed by atoms with Crippen LogP contribution in [-0.2, 0) is 6.54 Å². The Morgan fingerprint density at radius 1 is 1.33 bits per heavy atom. The maximum Gasteiger partial charge on any atom is 0.193 e. The minimum Gasteiger partial charge on any atom is -0.492 e. The summed E-state index contributed by atoms with van der Waals surface area (Å²) >= 11 is 0. The van der Waals surface area contributed by atoms with E-state index in [4.69, 9.17) is 4.74 Å². The van der Waals surface area contributed by atoms with Crippen molar-refractivity contribution in [2.75, 3.05) is 33.8 Å². The zero-order valence-electron chi connectivity index (χ0n) is 14.8. The van der Waals surface area contributed by atoms with Crippen LogP contribution in [-0.4, -0.2) is 54.4 Å². The van der Waals surface area contributed by atoms with Crippen molar-refractivity contribution in [1.29, 1.82) is 0 Å². The molecule has 0 aliphatic carbocycles. The first-order valence-electron chi connectivity index (χ1n) is 8.27. The summed E-state index contributed by atoms with van der Waals surface area (Å²) in [5.41, 5.74) is 1.19. The standard InChI is InChI=1S/C18H27N5O/c1-16-14-21-23(15-16)11-7-10-20-18(19-2)22(3)12-13-24-17-8-5-4-6-9-17/h4-6,8-9,14-15H,7,10-13H2,1-3H3,(H,19,20).